The molecule has 0 amide bonds. The molecule has 1 aromatic carbocycles. The van der Waals surface area contributed by atoms with Crippen LogP contribution in [0.1, 0.15) is 0 Å². The Morgan fingerprint density at radius 2 is 2.13 bits per heavy atom. The van der Waals surface area contributed by atoms with E-state index in [1.807, 2.05) is 24.3 Å². The average Bonchev–Trinajstić information content (AvgIpc) is 2.29. The second-order valence-corrected chi connectivity index (χ2v) is 3.43. The molecule has 82 valence electrons. The van der Waals surface area contributed by atoms with Crippen molar-refractivity contribution < 1.29 is 14.6 Å². The van der Waals surface area contributed by atoms with Gasteiger partial charge in [-0.2, -0.15) is 0 Å². The number of para-hydroxylation sites is 2. The summed E-state index contributed by atoms with van der Waals surface area (Å²) in [5, 5.41) is 11.7. The van der Waals surface area contributed by atoms with Crippen molar-refractivity contribution in [1.29, 1.82) is 0 Å². The topological polar surface area (TPSA) is 50.7 Å². The first-order valence-electron chi connectivity index (χ1n) is 5.10. The molecule has 0 spiro atoms. The van der Waals surface area contributed by atoms with Crippen LogP contribution in [0.2, 0.25) is 0 Å². The lowest BCUT2D eigenvalue weighted by molar-refractivity contribution is 0.0895. The van der Waals surface area contributed by atoms with Crippen LogP contribution >= 0.6 is 0 Å². The zero-order chi connectivity index (χ0) is 10.5. The van der Waals surface area contributed by atoms with Crippen molar-refractivity contribution in [1.82, 2.24) is 5.32 Å². The van der Waals surface area contributed by atoms with Crippen LogP contribution in [-0.2, 0) is 0 Å². The Hall–Kier alpha value is -1.26. The van der Waals surface area contributed by atoms with E-state index >= 15 is 0 Å². The van der Waals surface area contributed by atoms with Gasteiger partial charge in [-0.15, -0.1) is 0 Å². The predicted molar refractivity (Wildman–Crippen MR) is 56.3 cm³/mol. The SMILES string of the molecule is OCCNC[C@H]1COc2ccccc2O1. The van der Waals surface area contributed by atoms with Crippen LogP contribution in [0.5, 0.6) is 11.5 Å². The Morgan fingerprint density at radius 3 is 2.93 bits per heavy atom. The molecular weight excluding hydrogens is 194 g/mol. The molecule has 0 saturated heterocycles. The summed E-state index contributed by atoms with van der Waals surface area (Å²) in [6.07, 6.45) is 0.0199. The van der Waals surface area contributed by atoms with Crippen molar-refractivity contribution in [2.45, 2.75) is 6.10 Å². The predicted octanol–water partition coefficient (Wildman–Crippen LogP) is 0.408. The number of benzene rings is 1. The van der Waals surface area contributed by atoms with Gasteiger partial charge in [0, 0.05) is 13.1 Å². The Morgan fingerprint density at radius 1 is 1.33 bits per heavy atom. The summed E-state index contributed by atoms with van der Waals surface area (Å²) in [4.78, 5) is 0. The molecule has 0 unspecified atom stereocenters. The van der Waals surface area contributed by atoms with Crippen molar-refractivity contribution >= 4 is 0 Å². The van der Waals surface area contributed by atoms with Gasteiger partial charge >= 0.3 is 0 Å². The molecule has 0 saturated carbocycles. The van der Waals surface area contributed by atoms with Gasteiger partial charge in [0.15, 0.2) is 11.5 Å². The van der Waals surface area contributed by atoms with Crippen LogP contribution in [0.3, 0.4) is 0 Å². The van der Waals surface area contributed by atoms with Crippen LogP contribution in [0, 0.1) is 0 Å². The second kappa shape index (κ2) is 5.00. The van der Waals surface area contributed by atoms with Gasteiger partial charge in [-0.05, 0) is 12.1 Å². The van der Waals surface area contributed by atoms with E-state index in [-0.39, 0.29) is 12.7 Å². The van der Waals surface area contributed by atoms with E-state index in [1.54, 1.807) is 0 Å². The molecule has 1 heterocycles. The Labute approximate surface area is 88.8 Å². The summed E-state index contributed by atoms with van der Waals surface area (Å²) in [6.45, 7) is 1.97. The van der Waals surface area contributed by atoms with E-state index in [9.17, 15) is 0 Å². The number of hydrogen-bond donors (Lipinski definition) is 2. The van der Waals surface area contributed by atoms with E-state index in [4.69, 9.17) is 14.6 Å². The van der Waals surface area contributed by atoms with Gasteiger partial charge in [0.2, 0.25) is 0 Å². The highest BCUT2D eigenvalue weighted by atomic mass is 16.6. The number of aliphatic hydroxyl groups excluding tert-OH is 1. The Kier molecular flexibility index (Phi) is 3.42. The van der Waals surface area contributed by atoms with Gasteiger partial charge in [-0.3, -0.25) is 0 Å². The second-order valence-electron chi connectivity index (χ2n) is 3.43. The van der Waals surface area contributed by atoms with Crippen LogP contribution in [0.4, 0.5) is 0 Å². The first-order valence-corrected chi connectivity index (χ1v) is 5.10. The summed E-state index contributed by atoms with van der Waals surface area (Å²) < 4.78 is 11.2. The monoisotopic (exact) mass is 209 g/mol. The molecule has 0 aromatic heterocycles. The molecule has 15 heavy (non-hydrogen) atoms. The van der Waals surface area contributed by atoms with Crippen molar-refractivity contribution in [3.05, 3.63) is 24.3 Å². The maximum absolute atomic E-state index is 8.62. The summed E-state index contributed by atoms with van der Waals surface area (Å²) in [7, 11) is 0. The van der Waals surface area contributed by atoms with Gasteiger partial charge in [0.05, 0.1) is 6.61 Å². The molecule has 1 aromatic rings. The van der Waals surface area contributed by atoms with Gasteiger partial charge < -0.3 is 19.9 Å². The third-order valence-electron chi connectivity index (χ3n) is 2.23. The molecule has 0 radical (unpaired) electrons. The van der Waals surface area contributed by atoms with Crippen molar-refractivity contribution in [3.63, 3.8) is 0 Å². The van der Waals surface area contributed by atoms with Gasteiger partial charge in [0.1, 0.15) is 12.7 Å². The number of aliphatic hydroxyl groups is 1. The lowest BCUT2D eigenvalue weighted by Gasteiger charge is -2.26. The molecular formula is C11H15NO3. The number of ether oxygens (including phenoxy) is 2. The summed E-state index contributed by atoms with van der Waals surface area (Å²) in [5.74, 6) is 1.59. The molecule has 4 nitrogen and oxygen atoms in total. The number of hydrogen-bond acceptors (Lipinski definition) is 4. The Bertz CT molecular complexity index is 316. The minimum absolute atomic E-state index is 0.0199. The third kappa shape index (κ3) is 2.61. The molecule has 4 heteroatoms. The fourth-order valence-corrected chi connectivity index (χ4v) is 1.51. The zero-order valence-electron chi connectivity index (χ0n) is 8.48. The van der Waals surface area contributed by atoms with Crippen LogP contribution < -0.4 is 14.8 Å². The average molecular weight is 209 g/mol. The number of fused-ring (bicyclic) bond motifs is 1. The fourth-order valence-electron chi connectivity index (χ4n) is 1.51. The maximum Gasteiger partial charge on any atom is 0.161 e. The van der Waals surface area contributed by atoms with Crippen LogP contribution in [0.15, 0.2) is 24.3 Å². The smallest absolute Gasteiger partial charge is 0.161 e. The molecule has 2 rings (SSSR count). The number of rotatable bonds is 4. The quantitative estimate of drug-likeness (QED) is 0.705. The highest BCUT2D eigenvalue weighted by Crippen LogP contribution is 2.30. The minimum Gasteiger partial charge on any atom is -0.486 e. The van der Waals surface area contributed by atoms with Crippen molar-refractivity contribution in [3.8, 4) is 11.5 Å². The standard InChI is InChI=1S/C11H15NO3/c13-6-5-12-7-9-8-14-10-3-1-2-4-11(10)15-9/h1-4,9,12-13H,5-8H2/t9-/m0/s1. The molecule has 1 aliphatic rings. The number of nitrogens with one attached hydrogen (secondary N) is 1. The molecule has 1 aliphatic heterocycles. The molecule has 1 atom stereocenters. The molecule has 0 aliphatic carbocycles. The zero-order valence-corrected chi connectivity index (χ0v) is 8.48. The highest BCUT2D eigenvalue weighted by molar-refractivity contribution is 5.40. The van der Waals surface area contributed by atoms with Gasteiger partial charge in [0.25, 0.3) is 0 Å². The van der Waals surface area contributed by atoms with Gasteiger partial charge in [-0.25, -0.2) is 0 Å². The molecule has 0 fully saturated rings. The lowest BCUT2D eigenvalue weighted by atomic mass is 10.2. The summed E-state index contributed by atoms with van der Waals surface area (Å²) >= 11 is 0. The van der Waals surface area contributed by atoms with E-state index in [2.05, 4.69) is 5.32 Å². The van der Waals surface area contributed by atoms with Crippen LogP contribution in [0.25, 0.3) is 0 Å². The first-order chi connectivity index (χ1) is 7.40. The summed E-state index contributed by atoms with van der Waals surface area (Å²) in [5.41, 5.74) is 0. The largest absolute Gasteiger partial charge is 0.486 e. The molecule has 2 N–H and O–H groups in total. The molecule has 0 bridgehead atoms. The van der Waals surface area contributed by atoms with Gasteiger partial charge in [-0.1, -0.05) is 12.1 Å². The van der Waals surface area contributed by atoms with Crippen molar-refractivity contribution in [2.75, 3.05) is 26.3 Å². The van der Waals surface area contributed by atoms with E-state index in [0.717, 1.165) is 11.5 Å². The van der Waals surface area contributed by atoms with E-state index in [1.165, 1.54) is 0 Å². The van der Waals surface area contributed by atoms with Crippen LogP contribution in [-0.4, -0.2) is 37.5 Å². The summed E-state index contributed by atoms with van der Waals surface area (Å²) in [6, 6.07) is 7.64. The first kappa shape index (κ1) is 10.3. The third-order valence-corrected chi connectivity index (χ3v) is 2.23. The van der Waals surface area contributed by atoms with E-state index in [0.29, 0.717) is 19.7 Å². The highest BCUT2D eigenvalue weighted by Gasteiger charge is 2.19. The Balaban J connectivity index is 1.88. The van der Waals surface area contributed by atoms with E-state index < -0.39 is 0 Å². The minimum atomic E-state index is 0.0199. The normalized spacial score (nSPS) is 18.9. The van der Waals surface area contributed by atoms with Crippen molar-refractivity contribution in [2.24, 2.45) is 0 Å². The fraction of sp³-hybridized carbons (Fsp3) is 0.455. The lowest BCUT2D eigenvalue weighted by Crippen LogP contribution is -2.39. The maximum atomic E-state index is 8.62.